The molecule has 2 heterocycles. The lowest BCUT2D eigenvalue weighted by Gasteiger charge is -2.08. The van der Waals surface area contributed by atoms with Gasteiger partial charge in [-0.3, -0.25) is 9.97 Å². The van der Waals surface area contributed by atoms with Gasteiger partial charge in [0.05, 0.1) is 11.0 Å². The predicted octanol–water partition coefficient (Wildman–Crippen LogP) is 2.84. The first kappa shape index (κ1) is 11.6. The molecule has 2 aromatic heterocycles. The number of hydrogen-bond donors (Lipinski definition) is 1. The lowest BCUT2D eigenvalue weighted by molar-refractivity contribution is 1.11. The van der Waals surface area contributed by atoms with E-state index in [4.69, 9.17) is 5.73 Å². The third kappa shape index (κ3) is 2.01. The maximum absolute atomic E-state index is 5.85. The van der Waals surface area contributed by atoms with Crippen molar-refractivity contribution in [2.75, 3.05) is 5.73 Å². The average Bonchev–Trinajstić information content (AvgIpc) is 2.47. The minimum Gasteiger partial charge on any atom is -0.383 e. The number of rotatable bonds is 2. The van der Waals surface area contributed by atoms with Crippen LogP contribution < -0.4 is 5.73 Å². The summed E-state index contributed by atoms with van der Waals surface area (Å²) in [4.78, 5) is 13.0. The molecule has 0 spiro atoms. The Morgan fingerprint density at radius 3 is 2.79 bits per heavy atom. The molecule has 0 atom stereocenters. The van der Waals surface area contributed by atoms with Gasteiger partial charge in [-0.15, -0.1) is 0 Å². The summed E-state index contributed by atoms with van der Waals surface area (Å²) in [5.41, 5.74) is 10.7. The number of nitrogens with zero attached hydrogens (tertiary/aromatic N) is 3. The van der Waals surface area contributed by atoms with E-state index in [2.05, 4.69) is 27.9 Å². The minimum atomic E-state index is 0.595. The summed E-state index contributed by atoms with van der Waals surface area (Å²) in [6.07, 6.45) is 6.06. The van der Waals surface area contributed by atoms with Gasteiger partial charge in [-0.1, -0.05) is 19.1 Å². The lowest BCUT2D eigenvalue weighted by atomic mass is 10.0. The zero-order valence-electron chi connectivity index (χ0n) is 10.7. The summed E-state index contributed by atoms with van der Waals surface area (Å²) in [7, 11) is 0. The van der Waals surface area contributed by atoms with Crippen molar-refractivity contribution in [1.29, 1.82) is 0 Å². The summed E-state index contributed by atoms with van der Waals surface area (Å²) in [5.74, 6) is 0.595. The molecule has 94 valence electrons. The van der Waals surface area contributed by atoms with Crippen LogP contribution in [0.2, 0.25) is 0 Å². The van der Waals surface area contributed by atoms with Gasteiger partial charge in [0.25, 0.3) is 0 Å². The first-order chi connectivity index (χ1) is 9.29. The first-order valence-corrected chi connectivity index (χ1v) is 6.24. The van der Waals surface area contributed by atoms with Crippen LogP contribution >= 0.6 is 0 Å². The second-order valence-electron chi connectivity index (χ2n) is 4.35. The normalized spacial score (nSPS) is 10.8. The van der Waals surface area contributed by atoms with Crippen molar-refractivity contribution in [3.05, 3.63) is 48.4 Å². The number of pyridine rings is 1. The number of benzene rings is 1. The Balaban J connectivity index is 2.24. The molecule has 4 heteroatoms. The van der Waals surface area contributed by atoms with Gasteiger partial charge in [-0.2, -0.15) is 0 Å². The first-order valence-electron chi connectivity index (χ1n) is 6.24. The van der Waals surface area contributed by atoms with Crippen molar-refractivity contribution in [2.45, 2.75) is 13.3 Å². The maximum Gasteiger partial charge on any atom is 0.126 e. The van der Waals surface area contributed by atoms with Gasteiger partial charge in [-0.25, -0.2) is 4.98 Å². The van der Waals surface area contributed by atoms with Crippen molar-refractivity contribution in [3.63, 3.8) is 0 Å². The Hall–Kier alpha value is -2.49. The summed E-state index contributed by atoms with van der Waals surface area (Å²) in [6, 6.07) is 8.04. The number of aryl methyl sites for hydroxylation is 1. The second kappa shape index (κ2) is 4.65. The van der Waals surface area contributed by atoms with Crippen molar-refractivity contribution < 1.29 is 0 Å². The average molecular weight is 250 g/mol. The highest BCUT2D eigenvalue weighted by Gasteiger charge is 2.08. The Bertz CT molecular complexity index is 732. The molecule has 0 saturated carbocycles. The number of nitrogen functional groups attached to an aromatic ring is 1. The van der Waals surface area contributed by atoms with Gasteiger partial charge in [0.1, 0.15) is 5.82 Å². The molecule has 1 aromatic carbocycles. The number of anilines is 1. The standard InChI is InChI=1S/C15H14N4/c1-2-10-8-11(9-19-15(10)16)12-4-3-5-13-14(12)18-7-6-17-13/h3-9H,2H2,1H3,(H2,16,19). The molecule has 0 amide bonds. The van der Waals surface area contributed by atoms with Crippen LogP contribution in [-0.4, -0.2) is 15.0 Å². The fourth-order valence-electron chi connectivity index (χ4n) is 2.18. The van der Waals surface area contributed by atoms with Gasteiger partial charge in [-0.05, 0) is 24.1 Å². The zero-order valence-corrected chi connectivity index (χ0v) is 10.7. The predicted molar refractivity (Wildman–Crippen MR) is 76.6 cm³/mol. The fraction of sp³-hybridized carbons (Fsp3) is 0.133. The Labute approximate surface area is 111 Å². The molecule has 0 aliphatic heterocycles. The molecule has 0 aliphatic rings. The van der Waals surface area contributed by atoms with E-state index in [0.717, 1.165) is 34.1 Å². The van der Waals surface area contributed by atoms with Crippen LogP contribution in [0.4, 0.5) is 5.82 Å². The monoisotopic (exact) mass is 250 g/mol. The van der Waals surface area contributed by atoms with Crippen LogP contribution in [0, 0.1) is 0 Å². The molecular formula is C15H14N4. The number of aromatic nitrogens is 3. The van der Waals surface area contributed by atoms with E-state index < -0.39 is 0 Å². The lowest BCUT2D eigenvalue weighted by Crippen LogP contribution is -1.97. The van der Waals surface area contributed by atoms with Gasteiger partial charge in [0.15, 0.2) is 0 Å². The van der Waals surface area contributed by atoms with Crippen molar-refractivity contribution >= 4 is 16.9 Å². The van der Waals surface area contributed by atoms with Crippen LogP contribution in [-0.2, 0) is 6.42 Å². The topological polar surface area (TPSA) is 64.7 Å². The van der Waals surface area contributed by atoms with Gasteiger partial charge < -0.3 is 5.73 Å². The molecule has 4 nitrogen and oxygen atoms in total. The molecule has 0 saturated heterocycles. The van der Waals surface area contributed by atoms with Crippen molar-refractivity contribution in [1.82, 2.24) is 15.0 Å². The van der Waals surface area contributed by atoms with E-state index >= 15 is 0 Å². The SMILES string of the molecule is CCc1cc(-c2cccc3nccnc23)cnc1N. The quantitative estimate of drug-likeness (QED) is 0.759. The van der Waals surface area contributed by atoms with Crippen molar-refractivity contribution in [3.8, 4) is 11.1 Å². The van der Waals surface area contributed by atoms with E-state index in [0.29, 0.717) is 5.82 Å². The zero-order chi connectivity index (χ0) is 13.2. The molecule has 0 fully saturated rings. The molecule has 3 rings (SSSR count). The highest BCUT2D eigenvalue weighted by atomic mass is 14.8. The number of fused-ring (bicyclic) bond motifs is 1. The summed E-state index contributed by atoms with van der Waals surface area (Å²) in [6.45, 7) is 2.07. The largest absolute Gasteiger partial charge is 0.383 e. The molecule has 19 heavy (non-hydrogen) atoms. The fourth-order valence-corrected chi connectivity index (χ4v) is 2.18. The van der Waals surface area contributed by atoms with E-state index in [1.807, 2.05) is 18.2 Å². The third-order valence-electron chi connectivity index (χ3n) is 3.19. The van der Waals surface area contributed by atoms with E-state index in [1.54, 1.807) is 18.6 Å². The molecule has 0 radical (unpaired) electrons. The van der Waals surface area contributed by atoms with Crippen molar-refractivity contribution in [2.24, 2.45) is 0 Å². The van der Waals surface area contributed by atoms with E-state index in [-0.39, 0.29) is 0 Å². The molecular weight excluding hydrogens is 236 g/mol. The maximum atomic E-state index is 5.85. The van der Waals surface area contributed by atoms with Crippen LogP contribution in [0.5, 0.6) is 0 Å². The number of para-hydroxylation sites is 1. The Morgan fingerprint density at radius 1 is 1.11 bits per heavy atom. The Kier molecular flexibility index (Phi) is 2.83. The third-order valence-corrected chi connectivity index (χ3v) is 3.19. The molecule has 3 aromatic rings. The van der Waals surface area contributed by atoms with Gasteiger partial charge in [0, 0.05) is 29.7 Å². The molecule has 0 bridgehead atoms. The van der Waals surface area contributed by atoms with Crippen LogP contribution in [0.15, 0.2) is 42.9 Å². The van der Waals surface area contributed by atoms with Gasteiger partial charge in [0.2, 0.25) is 0 Å². The molecule has 0 aliphatic carbocycles. The highest BCUT2D eigenvalue weighted by Crippen LogP contribution is 2.27. The highest BCUT2D eigenvalue weighted by molar-refractivity contribution is 5.91. The van der Waals surface area contributed by atoms with E-state index in [1.165, 1.54) is 0 Å². The van der Waals surface area contributed by atoms with Gasteiger partial charge >= 0.3 is 0 Å². The number of hydrogen-bond acceptors (Lipinski definition) is 4. The smallest absolute Gasteiger partial charge is 0.126 e. The van der Waals surface area contributed by atoms with E-state index in [9.17, 15) is 0 Å². The van der Waals surface area contributed by atoms with Crippen LogP contribution in [0.25, 0.3) is 22.2 Å². The summed E-state index contributed by atoms with van der Waals surface area (Å²) in [5, 5.41) is 0. The minimum absolute atomic E-state index is 0.595. The number of nitrogens with two attached hydrogens (primary N) is 1. The molecule has 2 N–H and O–H groups in total. The van der Waals surface area contributed by atoms with Crippen LogP contribution in [0.1, 0.15) is 12.5 Å². The second-order valence-corrected chi connectivity index (χ2v) is 4.35. The summed E-state index contributed by atoms with van der Waals surface area (Å²) < 4.78 is 0. The molecule has 0 unspecified atom stereocenters. The van der Waals surface area contributed by atoms with Crippen LogP contribution in [0.3, 0.4) is 0 Å². The Morgan fingerprint density at radius 2 is 1.95 bits per heavy atom. The summed E-state index contributed by atoms with van der Waals surface area (Å²) >= 11 is 0.